The predicted octanol–water partition coefficient (Wildman–Crippen LogP) is 8.18. The van der Waals surface area contributed by atoms with Gasteiger partial charge >= 0.3 is 0 Å². The summed E-state index contributed by atoms with van der Waals surface area (Å²) in [7, 11) is 4.03. The van der Waals surface area contributed by atoms with Crippen molar-refractivity contribution in [1.82, 2.24) is 50.3 Å². The van der Waals surface area contributed by atoms with Crippen molar-refractivity contribution < 1.29 is 42.1 Å². The molecule has 348 valence electrons. The monoisotopic (exact) mass is 1270 g/mol. The minimum Gasteiger partial charge on any atom is -0.581 e. The maximum atomic E-state index is 4.87. The maximum absolute atomic E-state index is 4.87. The standard InChI is InChI=1S/2C27H18N7.2Pt/c2*1-33-17-34(26-22(33)10-5-14-30-26)19-7-2-6-18(16-19)27(23-11-15-31-32-23)24-20(8-3-12-28-24)21-9-4-13-29-25(21)27;;/h2*2-15,17H,1H3;;/q2*-3;;. The van der Waals surface area contributed by atoms with Gasteiger partial charge in [0, 0.05) is 124 Å². The van der Waals surface area contributed by atoms with Gasteiger partial charge in [0.15, 0.2) is 0 Å². The Labute approximate surface area is 432 Å². The number of hydrogen-bond acceptors (Lipinski definition) is 12. The summed E-state index contributed by atoms with van der Waals surface area (Å²) in [5.41, 5.74) is 13.3. The molecule has 0 spiro atoms. The molecule has 10 aromatic rings. The third-order valence-corrected chi connectivity index (χ3v) is 13.1. The van der Waals surface area contributed by atoms with Crippen LogP contribution in [0.5, 0.6) is 0 Å². The fourth-order valence-corrected chi connectivity index (χ4v) is 10.3. The first-order valence-electron chi connectivity index (χ1n) is 22.0. The van der Waals surface area contributed by atoms with E-state index >= 15 is 0 Å². The van der Waals surface area contributed by atoms with Crippen molar-refractivity contribution in [2.24, 2.45) is 0 Å². The van der Waals surface area contributed by atoms with Crippen molar-refractivity contribution in [2.45, 2.75) is 10.8 Å². The van der Waals surface area contributed by atoms with Gasteiger partial charge in [0.1, 0.15) is 11.6 Å². The summed E-state index contributed by atoms with van der Waals surface area (Å²) < 4.78 is 0. The molecule has 70 heavy (non-hydrogen) atoms. The summed E-state index contributed by atoms with van der Waals surface area (Å²) in [6.45, 7) is 4.05. The van der Waals surface area contributed by atoms with E-state index in [2.05, 4.69) is 111 Å². The zero-order valence-corrected chi connectivity index (χ0v) is 41.8. The first-order chi connectivity index (χ1) is 33.6. The van der Waals surface area contributed by atoms with Crippen LogP contribution in [-0.4, -0.2) is 54.2 Å². The smallest absolute Gasteiger partial charge is 0.124 e. The van der Waals surface area contributed by atoms with Crippen LogP contribution >= 0.6 is 0 Å². The van der Waals surface area contributed by atoms with Gasteiger partial charge in [-0.05, 0) is 62.6 Å². The molecule has 0 fully saturated rings. The summed E-state index contributed by atoms with van der Waals surface area (Å²) in [6.07, 6.45) is 14.3. The molecule has 14 nitrogen and oxygen atoms in total. The van der Waals surface area contributed by atoms with E-state index in [1.54, 1.807) is 24.8 Å². The summed E-state index contributed by atoms with van der Waals surface area (Å²) in [5, 5.41) is 17.4. The van der Waals surface area contributed by atoms with Crippen molar-refractivity contribution in [1.29, 1.82) is 0 Å². The second-order valence-corrected chi connectivity index (χ2v) is 16.7. The van der Waals surface area contributed by atoms with Crippen molar-refractivity contribution in [3.05, 3.63) is 242 Å². The Morgan fingerprint density at radius 1 is 0.429 bits per heavy atom. The fourth-order valence-electron chi connectivity index (χ4n) is 10.3. The Balaban J connectivity index is 0.000000148. The Morgan fingerprint density at radius 3 is 1.14 bits per heavy atom. The van der Waals surface area contributed by atoms with E-state index in [4.69, 9.17) is 19.9 Å². The molecule has 0 unspecified atom stereocenters. The largest absolute Gasteiger partial charge is 0.581 e. The Morgan fingerprint density at radius 2 is 0.786 bits per heavy atom. The second kappa shape index (κ2) is 17.7. The molecule has 0 N–H and O–H groups in total. The number of pyridine rings is 6. The molecule has 14 rings (SSSR count). The van der Waals surface area contributed by atoms with Crippen LogP contribution < -0.4 is 29.8 Å². The molecule has 8 aromatic heterocycles. The average molecular weight is 1270 g/mol. The van der Waals surface area contributed by atoms with Gasteiger partial charge in [-0.3, -0.25) is 19.9 Å². The maximum Gasteiger partial charge on any atom is 0.124 e. The summed E-state index contributed by atoms with van der Waals surface area (Å²) in [4.78, 5) is 36.9. The third kappa shape index (κ3) is 6.53. The normalized spacial score (nSPS) is 14.8. The first-order valence-corrected chi connectivity index (χ1v) is 22.0. The zero-order valence-electron chi connectivity index (χ0n) is 37.2. The minimum absolute atomic E-state index is 0. The van der Waals surface area contributed by atoms with Gasteiger partial charge in [0.2, 0.25) is 0 Å². The SMILES string of the molecule is CN1[CH-]N(c2[c-]c(C3(c4cc[n-]n4)c4ncccc4-c4cccnc43)ccc2)c2ncccc21.CN1[CH-]N(c2[c-]c(C3(c4cc[n-]n4)c4ncccc4-c4cccnc43)ccc2)c2ncccc21.[Pt].[Pt]. The van der Waals surface area contributed by atoms with Crippen LogP contribution in [0, 0.1) is 25.5 Å². The molecule has 2 aromatic carbocycles. The van der Waals surface area contributed by atoms with E-state index in [-0.39, 0.29) is 42.1 Å². The van der Waals surface area contributed by atoms with Crippen LogP contribution in [0.1, 0.15) is 45.3 Å². The molecular formula is C54H36N14Pt2-6. The van der Waals surface area contributed by atoms with Crippen LogP contribution in [0.15, 0.2) is 171 Å². The fraction of sp³-hybridized carbons (Fsp3) is 0.0741. The van der Waals surface area contributed by atoms with Gasteiger partial charge < -0.3 is 40.0 Å². The number of fused-ring (bicyclic) bond motifs is 8. The van der Waals surface area contributed by atoms with Crippen molar-refractivity contribution >= 4 is 34.4 Å². The Hall–Kier alpha value is -7.66. The second-order valence-electron chi connectivity index (χ2n) is 16.7. The molecule has 4 aliphatic rings. The number of rotatable bonds is 6. The van der Waals surface area contributed by atoms with E-state index < -0.39 is 10.8 Å². The topological polar surface area (TPSA) is 144 Å². The molecule has 0 atom stereocenters. The van der Waals surface area contributed by atoms with Crippen molar-refractivity contribution in [2.75, 3.05) is 33.7 Å². The van der Waals surface area contributed by atoms with E-state index in [0.29, 0.717) is 0 Å². The van der Waals surface area contributed by atoms with E-state index in [1.807, 2.05) is 125 Å². The number of nitrogens with zero attached hydrogens (tertiary/aromatic N) is 14. The summed E-state index contributed by atoms with van der Waals surface area (Å²) in [6, 6.07) is 47.7. The van der Waals surface area contributed by atoms with Crippen molar-refractivity contribution in [3.63, 3.8) is 0 Å². The van der Waals surface area contributed by atoms with E-state index in [0.717, 1.165) is 102 Å². The zero-order chi connectivity index (χ0) is 45.4. The molecule has 0 saturated carbocycles. The van der Waals surface area contributed by atoms with Gasteiger partial charge in [-0.1, -0.05) is 36.4 Å². The van der Waals surface area contributed by atoms with Gasteiger partial charge in [-0.25, -0.2) is 9.97 Å². The summed E-state index contributed by atoms with van der Waals surface area (Å²) >= 11 is 0. The van der Waals surface area contributed by atoms with Crippen LogP contribution in [0.2, 0.25) is 0 Å². The van der Waals surface area contributed by atoms with Gasteiger partial charge in [-0.15, -0.1) is 22.5 Å². The molecule has 0 radical (unpaired) electrons. The molecule has 2 aliphatic heterocycles. The molecular weight excluding hydrogens is 1230 g/mol. The van der Waals surface area contributed by atoms with E-state index in [9.17, 15) is 0 Å². The van der Waals surface area contributed by atoms with Crippen LogP contribution in [0.25, 0.3) is 22.3 Å². The van der Waals surface area contributed by atoms with Crippen LogP contribution in [0.4, 0.5) is 34.4 Å². The van der Waals surface area contributed by atoms with Crippen molar-refractivity contribution in [3.8, 4) is 22.3 Å². The van der Waals surface area contributed by atoms with E-state index in [1.165, 1.54) is 0 Å². The molecule has 2 aliphatic carbocycles. The molecule has 0 amide bonds. The number of hydrogen-bond donors (Lipinski definition) is 0. The Bertz CT molecular complexity index is 3210. The van der Waals surface area contributed by atoms with Crippen LogP contribution in [-0.2, 0) is 53.0 Å². The molecule has 10 heterocycles. The third-order valence-electron chi connectivity index (χ3n) is 13.1. The predicted molar refractivity (Wildman–Crippen MR) is 257 cm³/mol. The quantitative estimate of drug-likeness (QED) is 0.148. The molecule has 0 saturated heterocycles. The first kappa shape index (κ1) is 44.8. The average Bonchev–Trinajstić information content (AvgIpc) is 4.28. The molecule has 0 bridgehead atoms. The number of aromatic nitrogens is 10. The molecule has 16 heteroatoms. The van der Waals surface area contributed by atoms with Gasteiger partial charge in [0.25, 0.3) is 0 Å². The summed E-state index contributed by atoms with van der Waals surface area (Å²) in [5.74, 6) is 1.73. The van der Waals surface area contributed by atoms with Gasteiger partial charge in [0.05, 0.1) is 33.6 Å². The van der Waals surface area contributed by atoms with Gasteiger partial charge in [-0.2, -0.15) is 74.3 Å². The number of benzene rings is 2. The van der Waals surface area contributed by atoms with Crippen LogP contribution in [0.3, 0.4) is 0 Å². The number of anilines is 6. The minimum atomic E-state index is -0.821. The Kier molecular flexibility index (Phi) is 11.3.